The summed E-state index contributed by atoms with van der Waals surface area (Å²) in [5.41, 5.74) is 5.79. The van der Waals surface area contributed by atoms with Crippen LogP contribution in [0.4, 0.5) is 13.2 Å². The highest BCUT2D eigenvalue weighted by molar-refractivity contribution is 6.31. The van der Waals surface area contributed by atoms with Crippen molar-refractivity contribution in [3.05, 3.63) is 63.4 Å². The fourth-order valence-corrected chi connectivity index (χ4v) is 4.30. The Labute approximate surface area is 176 Å². The molecule has 1 fully saturated rings. The highest BCUT2D eigenvalue weighted by Gasteiger charge is 2.59. The summed E-state index contributed by atoms with van der Waals surface area (Å²) >= 11 is 6.37. The third-order valence-corrected chi connectivity index (χ3v) is 5.94. The average Bonchev–Trinajstić information content (AvgIpc) is 3.48. The van der Waals surface area contributed by atoms with E-state index >= 15 is 0 Å². The monoisotopic (exact) mass is 437 g/mol. The first-order chi connectivity index (χ1) is 14.2. The number of alkyl halides is 3. The van der Waals surface area contributed by atoms with Gasteiger partial charge in [0, 0.05) is 34.7 Å². The first-order valence-corrected chi connectivity index (χ1v) is 9.77. The van der Waals surface area contributed by atoms with Crippen molar-refractivity contribution in [3.63, 3.8) is 0 Å². The Morgan fingerprint density at radius 1 is 1.40 bits per heavy atom. The molecule has 0 unspecified atom stereocenters. The van der Waals surface area contributed by atoms with Gasteiger partial charge in [-0.15, -0.1) is 0 Å². The second-order valence-electron chi connectivity index (χ2n) is 7.66. The van der Waals surface area contributed by atoms with Gasteiger partial charge in [0.15, 0.2) is 5.78 Å². The number of nitrogens with zero attached hydrogens (tertiary/aromatic N) is 2. The van der Waals surface area contributed by atoms with Crippen LogP contribution in [0.5, 0.6) is 0 Å². The predicted molar refractivity (Wildman–Crippen MR) is 106 cm³/mol. The molecular weight excluding hydrogens is 419 g/mol. The highest BCUT2D eigenvalue weighted by atomic mass is 35.5. The van der Waals surface area contributed by atoms with Crippen molar-refractivity contribution in [1.82, 2.24) is 4.98 Å². The van der Waals surface area contributed by atoms with Gasteiger partial charge in [0.05, 0.1) is 0 Å². The number of rotatable bonds is 6. The lowest BCUT2D eigenvalue weighted by Crippen LogP contribution is -2.39. The van der Waals surface area contributed by atoms with Crippen LogP contribution in [-0.4, -0.2) is 29.6 Å². The molecule has 1 aromatic carbocycles. The number of hydrogen-bond acceptors (Lipinski definition) is 5. The zero-order chi connectivity index (χ0) is 21.6. The van der Waals surface area contributed by atoms with E-state index < -0.39 is 18.6 Å². The summed E-state index contributed by atoms with van der Waals surface area (Å²) < 4.78 is 45.3. The molecule has 0 amide bonds. The van der Waals surface area contributed by atoms with E-state index in [9.17, 15) is 18.0 Å². The molecule has 1 aliphatic heterocycles. The summed E-state index contributed by atoms with van der Waals surface area (Å²) in [4.78, 5) is 20.9. The number of pyridine rings is 1. The summed E-state index contributed by atoms with van der Waals surface area (Å²) in [6, 6.07) is 6.08. The normalized spacial score (nSPS) is 24.8. The fraction of sp³-hybridized carbons (Fsp3) is 0.381. The fourth-order valence-electron chi connectivity index (χ4n) is 4.02. The summed E-state index contributed by atoms with van der Waals surface area (Å²) in [5, 5.41) is 0.323. The van der Waals surface area contributed by atoms with Crippen LogP contribution in [0.1, 0.15) is 45.6 Å². The van der Waals surface area contributed by atoms with Gasteiger partial charge in [-0.1, -0.05) is 23.7 Å². The topological polar surface area (TPSA) is 77.6 Å². The van der Waals surface area contributed by atoms with Crippen LogP contribution in [0, 0.1) is 12.8 Å². The number of Topliss-reactive ketones (excluding diaryl/α,β-unsaturated/α-hetero) is 1. The van der Waals surface area contributed by atoms with Crippen LogP contribution < -0.4 is 5.73 Å². The molecule has 1 aliphatic carbocycles. The van der Waals surface area contributed by atoms with Gasteiger partial charge in [-0.05, 0) is 36.6 Å². The number of aromatic nitrogens is 1. The maximum atomic E-state index is 14.3. The summed E-state index contributed by atoms with van der Waals surface area (Å²) in [5.74, 6) is -0.515. The van der Waals surface area contributed by atoms with E-state index in [1.807, 2.05) is 0 Å². The molecule has 4 rings (SSSR count). The molecule has 1 saturated carbocycles. The van der Waals surface area contributed by atoms with Crippen LogP contribution in [0.2, 0.25) is 5.02 Å². The lowest BCUT2D eigenvalue weighted by atomic mass is 9.84. The third kappa shape index (κ3) is 3.53. The average molecular weight is 438 g/mol. The predicted octanol–water partition coefficient (Wildman–Crippen LogP) is 4.30. The molecular formula is C21H19ClF3N3O2. The van der Waals surface area contributed by atoms with E-state index in [-0.39, 0.29) is 41.5 Å². The number of aliphatic imine (C=N–C) groups is 1. The lowest BCUT2D eigenvalue weighted by Gasteiger charge is -2.32. The maximum absolute atomic E-state index is 14.3. The van der Waals surface area contributed by atoms with E-state index in [1.54, 1.807) is 25.1 Å². The Morgan fingerprint density at radius 2 is 2.17 bits per heavy atom. The second kappa shape index (κ2) is 7.58. The number of nitrogens with two attached hydrogens (primary N) is 1. The second-order valence-corrected chi connectivity index (χ2v) is 8.06. The van der Waals surface area contributed by atoms with Gasteiger partial charge in [0.2, 0.25) is 0 Å². The number of carbonyl (C=O) groups excluding carboxylic acids is 1. The Morgan fingerprint density at radius 3 is 2.83 bits per heavy atom. The van der Waals surface area contributed by atoms with Crippen LogP contribution in [0.25, 0.3) is 0 Å². The smallest absolute Gasteiger partial charge is 0.283 e. The molecule has 2 N–H and O–H groups in total. The van der Waals surface area contributed by atoms with Gasteiger partial charge in [0.1, 0.15) is 24.0 Å². The summed E-state index contributed by atoms with van der Waals surface area (Å²) in [6.07, 6.45) is -1.27. The van der Waals surface area contributed by atoms with Gasteiger partial charge >= 0.3 is 0 Å². The zero-order valence-electron chi connectivity index (χ0n) is 16.0. The number of hydrogen-bond donors (Lipinski definition) is 1. The number of ketones is 1. The SMILES string of the molecule is Cc1cc(C(F)F)cnc1C(=O)Cc1ccc(Cl)c([C@@]2(CF)N=C(N)O[C@@H]3C[C@@H]32)c1. The van der Waals surface area contributed by atoms with Crippen LogP contribution in [-0.2, 0) is 16.7 Å². The van der Waals surface area contributed by atoms with E-state index in [0.29, 0.717) is 28.1 Å². The Balaban J connectivity index is 1.64. The molecule has 5 nitrogen and oxygen atoms in total. The molecule has 0 radical (unpaired) electrons. The molecule has 30 heavy (non-hydrogen) atoms. The van der Waals surface area contributed by atoms with Crippen LogP contribution in [0.15, 0.2) is 35.5 Å². The minimum Gasteiger partial charge on any atom is -0.462 e. The van der Waals surface area contributed by atoms with Crippen molar-refractivity contribution < 1.29 is 22.7 Å². The minimum absolute atomic E-state index is 0.0435. The first kappa shape index (κ1) is 20.7. The molecule has 0 spiro atoms. The largest absolute Gasteiger partial charge is 0.462 e. The molecule has 2 heterocycles. The molecule has 3 atom stereocenters. The molecule has 0 bridgehead atoms. The summed E-state index contributed by atoms with van der Waals surface area (Å²) in [6.45, 7) is 0.759. The Hall–Kier alpha value is -2.61. The van der Waals surface area contributed by atoms with Crippen LogP contribution in [0.3, 0.4) is 0 Å². The van der Waals surface area contributed by atoms with Crippen LogP contribution >= 0.6 is 11.6 Å². The van der Waals surface area contributed by atoms with Crippen molar-refractivity contribution in [2.75, 3.05) is 6.67 Å². The van der Waals surface area contributed by atoms with E-state index in [2.05, 4.69) is 9.98 Å². The quantitative estimate of drug-likeness (QED) is 0.683. The van der Waals surface area contributed by atoms with Gasteiger partial charge in [-0.25, -0.2) is 18.2 Å². The number of carbonyl (C=O) groups is 1. The minimum atomic E-state index is -2.66. The zero-order valence-corrected chi connectivity index (χ0v) is 16.8. The van der Waals surface area contributed by atoms with Crippen molar-refractivity contribution >= 4 is 23.4 Å². The lowest BCUT2D eigenvalue weighted by molar-refractivity contribution is 0.0986. The number of halogens is 4. The number of fused-ring (bicyclic) bond motifs is 1. The van der Waals surface area contributed by atoms with E-state index in [1.165, 1.54) is 6.07 Å². The van der Waals surface area contributed by atoms with Gasteiger partial charge < -0.3 is 10.5 Å². The van der Waals surface area contributed by atoms with E-state index in [4.69, 9.17) is 22.1 Å². The molecule has 158 valence electrons. The molecule has 1 aromatic heterocycles. The van der Waals surface area contributed by atoms with Gasteiger partial charge in [0.25, 0.3) is 12.4 Å². The molecule has 0 saturated heterocycles. The molecule has 2 aromatic rings. The van der Waals surface area contributed by atoms with Crippen molar-refractivity contribution in [2.45, 2.75) is 37.8 Å². The number of amidine groups is 1. The van der Waals surface area contributed by atoms with Gasteiger partial charge in [-0.2, -0.15) is 0 Å². The Kier molecular flexibility index (Phi) is 5.22. The molecule has 2 aliphatic rings. The van der Waals surface area contributed by atoms with Crippen molar-refractivity contribution in [1.29, 1.82) is 0 Å². The summed E-state index contributed by atoms with van der Waals surface area (Å²) in [7, 11) is 0. The number of aryl methyl sites for hydroxylation is 1. The first-order valence-electron chi connectivity index (χ1n) is 9.40. The Bertz CT molecular complexity index is 1050. The van der Waals surface area contributed by atoms with E-state index in [0.717, 1.165) is 6.20 Å². The maximum Gasteiger partial charge on any atom is 0.283 e. The molecule has 9 heteroatoms. The highest BCUT2D eigenvalue weighted by Crippen LogP contribution is 2.54. The number of benzene rings is 1. The third-order valence-electron chi connectivity index (χ3n) is 5.61. The van der Waals surface area contributed by atoms with Crippen molar-refractivity contribution in [3.8, 4) is 0 Å². The standard InChI is InChI=1S/C21H19ClF3N3O2/c1-10-4-12(19(24)25)8-27-18(10)16(29)6-11-2-3-15(22)13(5-11)21(9-23)14-7-17(14)30-20(26)28-21/h2-5,8,14,17,19H,6-7,9H2,1H3,(H2,26,28)/t14-,17+,21+/m0/s1. The van der Waals surface area contributed by atoms with Crippen molar-refractivity contribution in [2.24, 2.45) is 16.6 Å². The van der Waals surface area contributed by atoms with Gasteiger partial charge in [-0.3, -0.25) is 9.78 Å². The number of ether oxygens (including phenoxy) is 1.